The van der Waals surface area contributed by atoms with Gasteiger partial charge < -0.3 is 5.32 Å². The van der Waals surface area contributed by atoms with Gasteiger partial charge >= 0.3 is 0 Å². The average molecular weight is 225 g/mol. The van der Waals surface area contributed by atoms with E-state index in [1.165, 1.54) is 0 Å². The van der Waals surface area contributed by atoms with Crippen molar-refractivity contribution < 1.29 is 0 Å². The number of nitrogens with zero attached hydrogens (tertiary/aromatic N) is 3. The summed E-state index contributed by atoms with van der Waals surface area (Å²) in [7, 11) is 0. The SMILES string of the molecule is CCC(C)Nc1cc(Cl)nc2ccnn12. The fraction of sp³-hybridized carbons (Fsp3) is 0.400. The van der Waals surface area contributed by atoms with Gasteiger partial charge in [0.1, 0.15) is 11.0 Å². The molecule has 0 spiro atoms. The quantitative estimate of drug-likeness (QED) is 0.815. The van der Waals surface area contributed by atoms with Crippen molar-refractivity contribution in [1.82, 2.24) is 14.6 Å². The molecule has 0 aliphatic carbocycles. The first-order chi connectivity index (χ1) is 7.20. The molecule has 2 rings (SSSR count). The molecule has 1 N–H and O–H groups in total. The van der Waals surface area contributed by atoms with Crippen LogP contribution in [0.15, 0.2) is 18.3 Å². The number of hydrogen-bond donors (Lipinski definition) is 1. The van der Waals surface area contributed by atoms with Gasteiger partial charge in [-0.1, -0.05) is 18.5 Å². The second-order valence-electron chi connectivity index (χ2n) is 3.52. The minimum Gasteiger partial charge on any atom is -0.367 e. The number of anilines is 1. The van der Waals surface area contributed by atoms with E-state index in [-0.39, 0.29) is 0 Å². The molecule has 0 bridgehead atoms. The maximum absolute atomic E-state index is 5.92. The molecule has 0 amide bonds. The van der Waals surface area contributed by atoms with E-state index in [4.69, 9.17) is 11.6 Å². The van der Waals surface area contributed by atoms with Gasteiger partial charge in [0.2, 0.25) is 0 Å². The van der Waals surface area contributed by atoms with Gasteiger partial charge in [-0.2, -0.15) is 9.61 Å². The molecule has 1 unspecified atom stereocenters. The van der Waals surface area contributed by atoms with E-state index in [1.807, 2.05) is 6.07 Å². The van der Waals surface area contributed by atoms with Gasteiger partial charge in [0.25, 0.3) is 0 Å². The molecule has 1 atom stereocenters. The Morgan fingerprint density at radius 1 is 1.60 bits per heavy atom. The molecule has 0 fully saturated rings. The van der Waals surface area contributed by atoms with Gasteiger partial charge in [0, 0.05) is 18.2 Å². The van der Waals surface area contributed by atoms with Crippen molar-refractivity contribution in [2.75, 3.05) is 5.32 Å². The summed E-state index contributed by atoms with van der Waals surface area (Å²) in [6.07, 6.45) is 2.75. The molecule has 4 nitrogen and oxygen atoms in total. The van der Waals surface area contributed by atoms with E-state index >= 15 is 0 Å². The summed E-state index contributed by atoms with van der Waals surface area (Å²) >= 11 is 5.92. The first-order valence-electron chi connectivity index (χ1n) is 4.97. The van der Waals surface area contributed by atoms with Gasteiger partial charge in [-0.15, -0.1) is 0 Å². The summed E-state index contributed by atoms with van der Waals surface area (Å²) in [6, 6.07) is 4.00. The minimum absolute atomic E-state index is 0.385. The van der Waals surface area contributed by atoms with Gasteiger partial charge in [-0.3, -0.25) is 0 Å². The van der Waals surface area contributed by atoms with E-state index < -0.39 is 0 Å². The molecular weight excluding hydrogens is 212 g/mol. The van der Waals surface area contributed by atoms with E-state index in [0.29, 0.717) is 11.2 Å². The van der Waals surface area contributed by atoms with Crippen LogP contribution in [-0.2, 0) is 0 Å². The molecule has 0 saturated heterocycles. The van der Waals surface area contributed by atoms with E-state index in [0.717, 1.165) is 17.9 Å². The Kier molecular flexibility index (Phi) is 2.77. The number of hydrogen-bond acceptors (Lipinski definition) is 3. The van der Waals surface area contributed by atoms with Crippen LogP contribution >= 0.6 is 11.6 Å². The lowest BCUT2D eigenvalue weighted by Gasteiger charge is -2.13. The number of fused-ring (bicyclic) bond motifs is 1. The Hall–Kier alpha value is -1.29. The lowest BCUT2D eigenvalue weighted by molar-refractivity contribution is 0.749. The van der Waals surface area contributed by atoms with Gasteiger partial charge in [-0.25, -0.2) is 4.98 Å². The topological polar surface area (TPSA) is 42.2 Å². The number of nitrogens with one attached hydrogen (secondary N) is 1. The van der Waals surface area contributed by atoms with Gasteiger partial charge in [-0.05, 0) is 13.3 Å². The molecule has 2 heterocycles. The molecule has 0 aliphatic heterocycles. The fourth-order valence-corrected chi connectivity index (χ4v) is 1.53. The van der Waals surface area contributed by atoms with Crippen LogP contribution in [-0.4, -0.2) is 20.6 Å². The highest BCUT2D eigenvalue weighted by Gasteiger charge is 2.06. The molecule has 2 aromatic rings. The number of aromatic nitrogens is 3. The summed E-state index contributed by atoms with van der Waals surface area (Å²) in [5, 5.41) is 8.00. The molecule has 5 heteroatoms. The first kappa shape index (κ1) is 10.2. The molecule has 0 radical (unpaired) electrons. The first-order valence-corrected chi connectivity index (χ1v) is 5.35. The third kappa shape index (κ3) is 2.04. The van der Waals surface area contributed by atoms with Crippen LogP contribution in [0.4, 0.5) is 5.82 Å². The van der Waals surface area contributed by atoms with Crippen molar-refractivity contribution in [2.45, 2.75) is 26.3 Å². The highest BCUT2D eigenvalue weighted by Crippen LogP contribution is 2.16. The van der Waals surface area contributed by atoms with Crippen LogP contribution in [0.5, 0.6) is 0 Å². The molecular formula is C10H13ClN4. The van der Waals surface area contributed by atoms with E-state index in [1.54, 1.807) is 16.8 Å². The Morgan fingerprint density at radius 2 is 2.40 bits per heavy atom. The summed E-state index contributed by atoms with van der Waals surface area (Å²) in [6.45, 7) is 4.24. The highest BCUT2D eigenvalue weighted by atomic mass is 35.5. The van der Waals surface area contributed by atoms with Crippen molar-refractivity contribution in [3.63, 3.8) is 0 Å². The fourth-order valence-electron chi connectivity index (χ4n) is 1.34. The standard InChI is InChI=1S/C10H13ClN4/c1-3-7(2)13-10-6-8(11)14-9-4-5-12-15(9)10/h4-7,13H,3H2,1-2H3. The van der Waals surface area contributed by atoms with Crippen LogP contribution in [0.2, 0.25) is 5.15 Å². The predicted octanol–water partition coefficient (Wildman–Crippen LogP) is 2.59. The Labute approximate surface area is 93.3 Å². The maximum atomic E-state index is 5.92. The lowest BCUT2D eigenvalue weighted by Crippen LogP contribution is -2.16. The molecule has 80 valence electrons. The van der Waals surface area contributed by atoms with Crippen LogP contribution < -0.4 is 5.32 Å². The van der Waals surface area contributed by atoms with E-state index in [2.05, 4.69) is 29.2 Å². The third-order valence-electron chi connectivity index (χ3n) is 2.33. The highest BCUT2D eigenvalue weighted by molar-refractivity contribution is 6.29. The molecule has 2 aromatic heterocycles. The van der Waals surface area contributed by atoms with Crippen molar-refractivity contribution in [1.29, 1.82) is 0 Å². The zero-order valence-corrected chi connectivity index (χ0v) is 9.49. The molecule has 0 aliphatic rings. The van der Waals surface area contributed by atoms with Crippen molar-refractivity contribution in [2.24, 2.45) is 0 Å². The van der Waals surface area contributed by atoms with Crippen LogP contribution in [0.3, 0.4) is 0 Å². The predicted molar refractivity (Wildman–Crippen MR) is 61.4 cm³/mol. The van der Waals surface area contributed by atoms with Crippen LogP contribution in [0, 0.1) is 0 Å². The Morgan fingerprint density at radius 3 is 3.13 bits per heavy atom. The summed E-state index contributed by atoms with van der Waals surface area (Å²) in [5.41, 5.74) is 0.758. The maximum Gasteiger partial charge on any atom is 0.159 e. The van der Waals surface area contributed by atoms with Crippen molar-refractivity contribution >= 4 is 23.1 Å². The van der Waals surface area contributed by atoms with Crippen molar-refractivity contribution in [3.05, 3.63) is 23.5 Å². The number of rotatable bonds is 3. The van der Waals surface area contributed by atoms with Crippen molar-refractivity contribution in [3.8, 4) is 0 Å². The summed E-state index contributed by atoms with van der Waals surface area (Å²) in [4.78, 5) is 4.16. The normalized spacial score (nSPS) is 13.0. The Bertz CT molecular complexity index is 465. The van der Waals surface area contributed by atoms with E-state index in [9.17, 15) is 0 Å². The summed E-state index contributed by atoms with van der Waals surface area (Å²) in [5.74, 6) is 0.879. The number of halogens is 1. The average Bonchev–Trinajstić information content (AvgIpc) is 2.65. The molecule has 0 saturated carbocycles. The largest absolute Gasteiger partial charge is 0.367 e. The van der Waals surface area contributed by atoms with Gasteiger partial charge in [0.15, 0.2) is 5.65 Å². The second kappa shape index (κ2) is 4.06. The minimum atomic E-state index is 0.385. The monoisotopic (exact) mass is 224 g/mol. The zero-order chi connectivity index (χ0) is 10.8. The smallest absolute Gasteiger partial charge is 0.159 e. The van der Waals surface area contributed by atoms with Crippen LogP contribution in [0.1, 0.15) is 20.3 Å². The second-order valence-corrected chi connectivity index (χ2v) is 3.91. The van der Waals surface area contributed by atoms with Crippen LogP contribution in [0.25, 0.3) is 5.65 Å². The molecule has 0 aromatic carbocycles. The zero-order valence-electron chi connectivity index (χ0n) is 8.74. The summed E-state index contributed by atoms with van der Waals surface area (Å²) < 4.78 is 1.75. The van der Waals surface area contributed by atoms with Gasteiger partial charge in [0.05, 0.1) is 6.20 Å². The Balaban J connectivity index is 2.44. The lowest BCUT2D eigenvalue weighted by atomic mass is 10.2. The molecule has 15 heavy (non-hydrogen) atoms. The third-order valence-corrected chi connectivity index (χ3v) is 2.53.